The lowest BCUT2D eigenvalue weighted by Crippen LogP contribution is -2.54. The molecule has 0 bridgehead atoms. The van der Waals surface area contributed by atoms with Crippen molar-refractivity contribution in [2.75, 3.05) is 22.9 Å². The highest BCUT2D eigenvalue weighted by atomic mass is 32.1. The van der Waals surface area contributed by atoms with Crippen LogP contribution in [0.15, 0.2) is 48.0 Å². The van der Waals surface area contributed by atoms with Crippen molar-refractivity contribution in [3.63, 3.8) is 0 Å². The molecule has 1 N–H and O–H groups in total. The number of rotatable bonds is 5. The van der Waals surface area contributed by atoms with E-state index >= 15 is 0 Å². The average Bonchev–Trinajstić information content (AvgIpc) is 3.13. The molecule has 0 spiro atoms. The van der Waals surface area contributed by atoms with Crippen molar-refractivity contribution in [3.8, 4) is 0 Å². The molecule has 2 aromatic rings. The predicted octanol–water partition coefficient (Wildman–Crippen LogP) is 3.99. The van der Waals surface area contributed by atoms with Crippen LogP contribution < -0.4 is 15.1 Å². The molecule has 1 fully saturated rings. The quantitative estimate of drug-likeness (QED) is 0.452. The van der Waals surface area contributed by atoms with E-state index in [-0.39, 0.29) is 10.7 Å². The molecule has 0 saturated carbocycles. The van der Waals surface area contributed by atoms with E-state index in [4.69, 9.17) is 12.2 Å². The van der Waals surface area contributed by atoms with E-state index in [0.717, 1.165) is 30.6 Å². The Hall–Kier alpha value is -2.99. The first-order chi connectivity index (χ1) is 14.5. The molecule has 0 atom stereocenters. The summed E-state index contributed by atoms with van der Waals surface area (Å²) in [6.07, 6.45) is 4.99. The van der Waals surface area contributed by atoms with Gasteiger partial charge in [0.1, 0.15) is 5.57 Å². The predicted molar refractivity (Wildman–Crippen MR) is 125 cm³/mol. The summed E-state index contributed by atoms with van der Waals surface area (Å²) < 4.78 is 0. The highest BCUT2D eigenvalue weighted by Gasteiger charge is 2.34. The number of benzene rings is 2. The summed E-state index contributed by atoms with van der Waals surface area (Å²) >= 11 is 5.27. The molecule has 4 rings (SSSR count). The molecule has 2 heterocycles. The van der Waals surface area contributed by atoms with Gasteiger partial charge in [-0.3, -0.25) is 19.8 Å². The zero-order chi connectivity index (χ0) is 21.3. The van der Waals surface area contributed by atoms with Gasteiger partial charge in [0.25, 0.3) is 11.8 Å². The molecule has 30 heavy (non-hydrogen) atoms. The van der Waals surface area contributed by atoms with Gasteiger partial charge in [0.2, 0.25) is 0 Å². The summed E-state index contributed by atoms with van der Waals surface area (Å²) in [6.45, 7) is 6.26. The van der Waals surface area contributed by atoms with Gasteiger partial charge < -0.3 is 4.90 Å². The highest BCUT2D eigenvalue weighted by molar-refractivity contribution is 7.80. The summed E-state index contributed by atoms with van der Waals surface area (Å²) in [5.41, 5.74) is 5.18. The molecule has 2 amide bonds. The van der Waals surface area contributed by atoms with Crippen LogP contribution in [0.1, 0.15) is 36.5 Å². The minimum absolute atomic E-state index is 0.0879. The van der Waals surface area contributed by atoms with Crippen molar-refractivity contribution in [1.29, 1.82) is 0 Å². The van der Waals surface area contributed by atoms with Gasteiger partial charge in [0.05, 0.1) is 5.69 Å². The second kappa shape index (κ2) is 8.40. The topological polar surface area (TPSA) is 52.7 Å². The molecule has 0 aliphatic carbocycles. The second-order valence-electron chi connectivity index (χ2n) is 7.77. The number of amides is 2. The molecule has 0 aromatic heterocycles. The number of aryl methyl sites for hydroxylation is 1. The van der Waals surface area contributed by atoms with E-state index in [1.54, 1.807) is 6.08 Å². The SMILES string of the molecule is CCCCN1CCc2cc(/C=C3/C(=O)NC(=S)N(c4ccc(C)cc4)C3=O)ccc21. The molecule has 0 radical (unpaired) electrons. The maximum atomic E-state index is 13.1. The van der Waals surface area contributed by atoms with Gasteiger partial charge in [0.15, 0.2) is 5.11 Å². The smallest absolute Gasteiger partial charge is 0.270 e. The summed E-state index contributed by atoms with van der Waals surface area (Å²) in [5, 5.41) is 2.75. The van der Waals surface area contributed by atoms with Gasteiger partial charge in [-0.2, -0.15) is 0 Å². The number of unbranched alkanes of at least 4 members (excludes halogenated alkanes) is 1. The molecule has 6 heteroatoms. The van der Waals surface area contributed by atoms with Crippen LogP contribution in [-0.2, 0) is 16.0 Å². The van der Waals surface area contributed by atoms with E-state index in [1.165, 1.54) is 29.0 Å². The fraction of sp³-hybridized carbons (Fsp3) is 0.292. The number of fused-ring (bicyclic) bond motifs is 1. The summed E-state index contributed by atoms with van der Waals surface area (Å²) in [6, 6.07) is 13.6. The Morgan fingerprint density at radius 1 is 1.13 bits per heavy atom. The Morgan fingerprint density at radius 3 is 2.63 bits per heavy atom. The molecule has 2 aliphatic rings. The van der Waals surface area contributed by atoms with Gasteiger partial charge in [-0.05, 0) is 73.5 Å². The van der Waals surface area contributed by atoms with Crippen LogP contribution in [0.25, 0.3) is 6.08 Å². The van der Waals surface area contributed by atoms with Gasteiger partial charge in [0, 0.05) is 18.8 Å². The third kappa shape index (κ3) is 3.87. The van der Waals surface area contributed by atoms with E-state index in [9.17, 15) is 9.59 Å². The van der Waals surface area contributed by atoms with Crippen LogP contribution in [0.3, 0.4) is 0 Å². The Kier molecular flexibility index (Phi) is 5.68. The Balaban J connectivity index is 1.62. The van der Waals surface area contributed by atoms with Crippen LogP contribution in [0.2, 0.25) is 0 Å². The van der Waals surface area contributed by atoms with Gasteiger partial charge >= 0.3 is 0 Å². The minimum Gasteiger partial charge on any atom is -0.371 e. The average molecular weight is 420 g/mol. The largest absolute Gasteiger partial charge is 0.371 e. The number of thiocarbonyl (C=S) groups is 1. The second-order valence-corrected chi connectivity index (χ2v) is 8.16. The maximum Gasteiger partial charge on any atom is 0.270 e. The lowest BCUT2D eigenvalue weighted by molar-refractivity contribution is -0.122. The highest BCUT2D eigenvalue weighted by Crippen LogP contribution is 2.30. The van der Waals surface area contributed by atoms with Gasteiger partial charge in [-0.1, -0.05) is 37.1 Å². The standard InChI is InChI=1S/C24H25N3O2S/c1-3-4-12-26-13-11-18-14-17(7-10-21(18)26)15-20-22(28)25-24(30)27(23(20)29)19-8-5-16(2)6-9-19/h5-10,14-15H,3-4,11-13H2,1-2H3,(H,25,28,30)/b20-15-. The molecule has 2 aliphatic heterocycles. The third-order valence-electron chi connectivity index (χ3n) is 5.58. The van der Waals surface area contributed by atoms with Crippen molar-refractivity contribution >= 4 is 46.6 Å². The Labute approximate surface area is 182 Å². The van der Waals surface area contributed by atoms with Crippen molar-refractivity contribution in [2.45, 2.75) is 33.1 Å². The van der Waals surface area contributed by atoms with Crippen LogP contribution in [0.5, 0.6) is 0 Å². The maximum absolute atomic E-state index is 13.1. The minimum atomic E-state index is -0.460. The van der Waals surface area contributed by atoms with Crippen molar-refractivity contribution < 1.29 is 9.59 Å². The van der Waals surface area contributed by atoms with E-state index in [0.29, 0.717) is 5.69 Å². The molecule has 2 aromatic carbocycles. The molecule has 154 valence electrons. The van der Waals surface area contributed by atoms with Gasteiger partial charge in [-0.25, -0.2) is 0 Å². The summed E-state index contributed by atoms with van der Waals surface area (Å²) in [7, 11) is 0. The number of hydrogen-bond acceptors (Lipinski definition) is 4. The number of anilines is 2. The van der Waals surface area contributed by atoms with Crippen molar-refractivity contribution in [2.24, 2.45) is 0 Å². The zero-order valence-electron chi connectivity index (χ0n) is 17.3. The molecule has 1 saturated heterocycles. The van der Waals surface area contributed by atoms with E-state index < -0.39 is 11.8 Å². The van der Waals surface area contributed by atoms with Crippen LogP contribution >= 0.6 is 12.2 Å². The molecule has 5 nitrogen and oxygen atoms in total. The fourth-order valence-electron chi connectivity index (χ4n) is 3.91. The number of hydrogen-bond donors (Lipinski definition) is 1. The summed E-state index contributed by atoms with van der Waals surface area (Å²) in [5.74, 6) is -0.865. The van der Waals surface area contributed by atoms with E-state index in [1.807, 2.05) is 37.3 Å². The van der Waals surface area contributed by atoms with E-state index in [2.05, 4.69) is 29.3 Å². The number of carbonyl (C=O) groups excluding carboxylic acids is 2. The Morgan fingerprint density at radius 2 is 1.90 bits per heavy atom. The number of nitrogens with one attached hydrogen (secondary N) is 1. The van der Waals surface area contributed by atoms with Crippen LogP contribution in [-0.4, -0.2) is 30.0 Å². The third-order valence-corrected chi connectivity index (χ3v) is 5.87. The van der Waals surface area contributed by atoms with Crippen molar-refractivity contribution in [3.05, 3.63) is 64.7 Å². The lowest BCUT2D eigenvalue weighted by atomic mass is 10.0. The number of carbonyl (C=O) groups is 2. The first-order valence-corrected chi connectivity index (χ1v) is 10.7. The fourth-order valence-corrected chi connectivity index (χ4v) is 4.19. The first-order valence-electron chi connectivity index (χ1n) is 10.3. The zero-order valence-corrected chi connectivity index (χ0v) is 18.1. The van der Waals surface area contributed by atoms with Crippen LogP contribution in [0.4, 0.5) is 11.4 Å². The molecular weight excluding hydrogens is 394 g/mol. The first kappa shape index (κ1) is 20.3. The van der Waals surface area contributed by atoms with Crippen LogP contribution in [0, 0.1) is 6.92 Å². The Bertz CT molecular complexity index is 1040. The van der Waals surface area contributed by atoms with Gasteiger partial charge in [-0.15, -0.1) is 0 Å². The monoisotopic (exact) mass is 419 g/mol. The number of nitrogens with zero attached hydrogens (tertiary/aromatic N) is 2. The lowest BCUT2D eigenvalue weighted by Gasteiger charge is -2.29. The van der Waals surface area contributed by atoms with Crippen molar-refractivity contribution in [1.82, 2.24) is 5.32 Å². The normalized spacial score (nSPS) is 17.5. The molecule has 0 unspecified atom stereocenters. The molecular formula is C24H25N3O2S. The summed E-state index contributed by atoms with van der Waals surface area (Å²) in [4.78, 5) is 29.5.